The monoisotopic (exact) mass is 156 g/mol. The summed E-state index contributed by atoms with van der Waals surface area (Å²) in [5.41, 5.74) is 0. The minimum atomic E-state index is 0.123. The van der Waals surface area contributed by atoms with Gasteiger partial charge in [0.05, 0.1) is 0 Å². The van der Waals surface area contributed by atoms with Crippen molar-refractivity contribution < 1.29 is 9.90 Å². The third-order valence-corrected chi connectivity index (χ3v) is 1.38. The Labute approximate surface area is 67.9 Å². The molecule has 0 rings (SSSR count). The second kappa shape index (κ2) is 7.48. The van der Waals surface area contributed by atoms with E-state index in [4.69, 9.17) is 5.11 Å². The highest BCUT2D eigenvalue weighted by molar-refractivity contribution is 5.89. The van der Waals surface area contributed by atoms with Gasteiger partial charge in [-0.3, -0.25) is 4.79 Å². The molecule has 0 radical (unpaired) electrons. The van der Waals surface area contributed by atoms with E-state index in [0.29, 0.717) is 12.8 Å². The predicted octanol–water partition coefficient (Wildman–Crippen LogP) is 1.68. The number of hydrogen-bond donors (Lipinski definition) is 1. The first-order valence-electron chi connectivity index (χ1n) is 4.11. The van der Waals surface area contributed by atoms with Gasteiger partial charge in [-0.2, -0.15) is 0 Å². The van der Waals surface area contributed by atoms with Crippen molar-refractivity contribution in [1.29, 1.82) is 0 Å². The molecule has 0 aliphatic carbocycles. The number of unbranched alkanes of at least 4 members (excludes halogenated alkanes) is 1. The predicted molar refractivity (Wildman–Crippen MR) is 45.4 cm³/mol. The summed E-state index contributed by atoms with van der Waals surface area (Å²) in [5.74, 6) is 0.167. The molecule has 0 aromatic heterocycles. The Kier molecular flexibility index (Phi) is 7.05. The molecule has 0 fully saturated rings. The van der Waals surface area contributed by atoms with Gasteiger partial charge in [0.2, 0.25) is 0 Å². The van der Waals surface area contributed by atoms with E-state index in [1.54, 1.807) is 12.2 Å². The van der Waals surface area contributed by atoms with Crippen molar-refractivity contribution in [3.05, 3.63) is 12.2 Å². The molecule has 0 aliphatic heterocycles. The average Bonchev–Trinajstić information content (AvgIpc) is 2.01. The zero-order valence-corrected chi connectivity index (χ0v) is 7.05. The number of carbonyl (C=O) groups excluding carboxylic acids is 1. The molecule has 0 saturated heterocycles. The van der Waals surface area contributed by atoms with Gasteiger partial charge in [0.1, 0.15) is 0 Å². The molecule has 0 spiro atoms. The summed E-state index contributed by atoms with van der Waals surface area (Å²) in [5, 5.41) is 8.39. The van der Waals surface area contributed by atoms with Crippen LogP contribution in [-0.4, -0.2) is 17.5 Å². The lowest BCUT2D eigenvalue weighted by Gasteiger charge is -1.90. The van der Waals surface area contributed by atoms with E-state index in [2.05, 4.69) is 6.92 Å². The van der Waals surface area contributed by atoms with Crippen LogP contribution in [0.1, 0.15) is 32.6 Å². The van der Waals surface area contributed by atoms with Gasteiger partial charge in [-0.05, 0) is 18.9 Å². The van der Waals surface area contributed by atoms with Crippen molar-refractivity contribution in [1.82, 2.24) is 0 Å². The van der Waals surface area contributed by atoms with Crippen molar-refractivity contribution in [3.8, 4) is 0 Å². The number of rotatable bonds is 6. The molecular weight excluding hydrogens is 140 g/mol. The van der Waals surface area contributed by atoms with Crippen LogP contribution in [0.2, 0.25) is 0 Å². The van der Waals surface area contributed by atoms with Gasteiger partial charge in [-0.25, -0.2) is 0 Å². The Bertz CT molecular complexity index is 128. The SMILES string of the molecule is CCCCC(=O)C=CCCO. The molecule has 0 bridgehead atoms. The van der Waals surface area contributed by atoms with Crippen molar-refractivity contribution in [3.63, 3.8) is 0 Å². The lowest BCUT2D eigenvalue weighted by atomic mass is 10.2. The Hall–Kier alpha value is -0.630. The largest absolute Gasteiger partial charge is 0.396 e. The van der Waals surface area contributed by atoms with Gasteiger partial charge in [-0.1, -0.05) is 19.4 Å². The highest BCUT2D eigenvalue weighted by Gasteiger charge is 1.93. The van der Waals surface area contributed by atoms with Crippen molar-refractivity contribution in [2.24, 2.45) is 0 Å². The van der Waals surface area contributed by atoms with Crippen LogP contribution in [0, 0.1) is 0 Å². The number of ketones is 1. The molecular formula is C9H16O2. The number of aliphatic hydroxyl groups excluding tert-OH is 1. The number of aliphatic hydroxyl groups is 1. The minimum Gasteiger partial charge on any atom is -0.396 e. The maximum absolute atomic E-state index is 10.9. The van der Waals surface area contributed by atoms with Gasteiger partial charge >= 0.3 is 0 Å². The maximum atomic E-state index is 10.9. The molecule has 0 aliphatic rings. The van der Waals surface area contributed by atoms with Crippen molar-refractivity contribution >= 4 is 5.78 Å². The molecule has 64 valence electrons. The first kappa shape index (κ1) is 10.4. The second-order valence-corrected chi connectivity index (χ2v) is 2.48. The standard InChI is InChI=1S/C9H16O2/c1-2-3-6-9(11)7-4-5-8-10/h4,7,10H,2-3,5-6,8H2,1H3. The quantitative estimate of drug-likeness (QED) is 0.594. The summed E-state index contributed by atoms with van der Waals surface area (Å²) in [6.07, 6.45) is 6.52. The summed E-state index contributed by atoms with van der Waals surface area (Å²) < 4.78 is 0. The lowest BCUT2D eigenvalue weighted by Crippen LogP contribution is -1.91. The van der Waals surface area contributed by atoms with E-state index in [-0.39, 0.29) is 12.4 Å². The van der Waals surface area contributed by atoms with Crippen LogP contribution >= 0.6 is 0 Å². The molecule has 0 atom stereocenters. The molecule has 0 heterocycles. The van der Waals surface area contributed by atoms with Crippen LogP contribution in [0.4, 0.5) is 0 Å². The fourth-order valence-corrected chi connectivity index (χ4v) is 0.724. The zero-order valence-electron chi connectivity index (χ0n) is 7.05. The van der Waals surface area contributed by atoms with E-state index in [0.717, 1.165) is 12.8 Å². The summed E-state index contributed by atoms with van der Waals surface area (Å²) in [6.45, 7) is 2.18. The first-order chi connectivity index (χ1) is 5.31. The van der Waals surface area contributed by atoms with Gasteiger partial charge in [0, 0.05) is 13.0 Å². The van der Waals surface area contributed by atoms with Gasteiger partial charge in [0.15, 0.2) is 5.78 Å². The summed E-state index contributed by atoms with van der Waals surface area (Å²) in [4.78, 5) is 10.9. The van der Waals surface area contributed by atoms with Gasteiger partial charge in [-0.15, -0.1) is 0 Å². The number of hydrogen-bond acceptors (Lipinski definition) is 2. The molecule has 2 heteroatoms. The van der Waals surface area contributed by atoms with E-state index in [1.807, 2.05) is 0 Å². The molecule has 2 nitrogen and oxygen atoms in total. The normalized spacial score (nSPS) is 10.7. The van der Waals surface area contributed by atoms with Gasteiger partial charge in [0.25, 0.3) is 0 Å². The van der Waals surface area contributed by atoms with E-state index in [9.17, 15) is 4.79 Å². The van der Waals surface area contributed by atoms with Crippen LogP contribution in [-0.2, 0) is 4.79 Å². The van der Waals surface area contributed by atoms with E-state index < -0.39 is 0 Å². The summed E-state index contributed by atoms with van der Waals surface area (Å²) >= 11 is 0. The highest BCUT2D eigenvalue weighted by Crippen LogP contribution is 1.96. The number of allylic oxidation sites excluding steroid dienone is 1. The second-order valence-electron chi connectivity index (χ2n) is 2.48. The Morgan fingerprint density at radius 2 is 2.27 bits per heavy atom. The average molecular weight is 156 g/mol. The smallest absolute Gasteiger partial charge is 0.155 e. The Morgan fingerprint density at radius 1 is 1.55 bits per heavy atom. The topological polar surface area (TPSA) is 37.3 Å². The van der Waals surface area contributed by atoms with Crippen LogP contribution in [0.15, 0.2) is 12.2 Å². The lowest BCUT2D eigenvalue weighted by molar-refractivity contribution is -0.114. The fourth-order valence-electron chi connectivity index (χ4n) is 0.724. The fraction of sp³-hybridized carbons (Fsp3) is 0.667. The first-order valence-corrected chi connectivity index (χ1v) is 4.11. The third-order valence-electron chi connectivity index (χ3n) is 1.38. The Balaban J connectivity index is 3.35. The summed E-state index contributed by atoms with van der Waals surface area (Å²) in [6, 6.07) is 0. The molecule has 0 unspecified atom stereocenters. The van der Waals surface area contributed by atoms with E-state index in [1.165, 1.54) is 0 Å². The molecule has 0 amide bonds. The minimum absolute atomic E-state index is 0.123. The van der Waals surface area contributed by atoms with Crippen LogP contribution < -0.4 is 0 Å². The van der Waals surface area contributed by atoms with E-state index >= 15 is 0 Å². The highest BCUT2D eigenvalue weighted by atomic mass is 16.2. The molecule has 0 saturated carbocycles. The zero-order chi connectivity index (χ0) is 8.53. The third kappa shape index (κ3) is 7.26. The van der Waals surface area contributed by atoms with Crippen LogP contribution in [0.5, 0.6) is 0 Å². The molecule has 0 aromatic rings. The molecule has 11 heavy (non-hydrogen) atoms. The number of carbonyl (C=O) groups is 1. The molecule has 1 N–H and O–H groups in total. The molecule has 0 aromatic carbocycles. The maximum Gasteiger partial charge on any atom is 0.155 e. The van der Waals surface area contributed by atoms with Crippen molar-refractivity contribution in [2.75, 3.05) is 6.61 Å². The van der Waals surface area contributed by atoms with Crippen LogP contribution in [0.25, 0.3) is 0 Å². The van der Waals surface area contributed by atoms with Gasteiger partial charge < -0.3 is 5.11 Å². The van der Waals surface area contributed by atoms with Crippen molar-refractivity contribution in [2.45, 2.75) is 32.6 Å². The summed E-state index contributed by atoms with van der Waals surface area (Å²) in [7, 11) is 0. The van der Waals surface area contributed by atoms with Crippen LogP contribution in [0.3, 0.4) is 0 Å². The Morgan fingerprint density at radius 3 is 2.82 bits per heavy atom.